The maximum absolute atomic E-state index is 9.05. The van der Waals surface area contributed by atoms with Crippen molar-refractivity contribution in [3.63, 3.8) is 0 Å². The standard InChI is InChI=1S/C12H20O5Si2.C9H11BrO2Si.C7H7BrO2.C4H12O4Si.C2H6Cl2Si.Mg.2H/c1-13-19(14-2,15-3)11-6-7-12-10(8-11)9-16-18(4,5)17-12;1-13(2)11-6-7-5-8(10)3-4-9(7)12-13;8-6-1-2-7(10)5(3-6)4-9;1-5-9(6-2,7-3)8-4;1-5(2,3)4;;;/h6-8H,9H2,1-5H3;3-5H,6H2,1-2H3;1-3,9-10H,4H2;1-4H3;1-2H3;;;/q;;;;;+2;2*-1. The number of aliphatic hydroxyl groups is 1. The molecule has 3 aromatic rings. The van der Waals surface area contributed by atoms with Crippen molar-refractivity contribution in [2.75, 3.05) is 49.8 Å². The molecule has 5 rings (SSSR count). The van der Waals surface area contributed by atoms with E-state index in [9.17, 15) is 0 Å². The van der Waals surface area contributed by atoms with E-state index in [4.69, 9.17) is 81.1 Å². The smallest absolute Gasteiger partial charge is 1.00 e. The molecule has 0 spiro atoms. The summed E-state index contributed by atoms with van der Waals surface area (Å²) in [6, 6.07) is 16.8. The van der Waals surface area contributed by atoms with Crippen LogP contribution in [0.25, 0.3) is 0 Å². The maximum atomic E-state index is 9.05. The fraction of sp³-hybridized carbons (Fsp3) is 0.471. The first-order valence-electron chi connectivity index (χ1n) is 16.9. The summed E-state index contributed by atoms with van der Waals surface area (Å²) < 4.78 is 60.9. The van der Waals surface area contributed by atoms with Gasteiger partial charge in [-0.05, 0) is 87.8 Å². The van der Waals surface area contributed by atoms with Crippen LogP contribution in [0, 0.1) is 0 Å². The molecule has 0 unspecified atom stereocenters. The van der Waals surface area contributed by atoms with Gasteiger partial charge >= 0.3 is 58.0 Å². The molecule has 0 atom stereocenters. The largest absolute Gasteiger partial charge is 2.00 e. The second-order valence-corrected chi connectivity index (χ2v) is 35.8. The third-order valence-corrected chi connectivity index (χ3v) is 16.0. The molecule has 0 radical (unpaired) electrons. The third kappa shape index (κ3) is 20.2. The molecule has 0 aromatic heterocycles. The Hall–Kier alpha value is 0.0506. The molecule has 0 amide bonds. The van der Waals surface area contributed by atoms with Gasteiger partial charge in [-0.25, -0.2) is 0 Å². The molecule has 0 saturated carbocycles. The van der Waals surface area contributed by atoms with Crippen LogP contribution in [0.5, 0.6) is 17.2 Å². The number of rotatable bonds is 9. The number of aliphatic hydroxyl groups excluding tert-OH is 1. The quantitative estimate of drug-likeness (QED) is 0.158. The zero-order chi connectivity index (χ0) is 43.0. The molecule has 2 heterocycles. The normalized spacial score (nSPS) is 14.9. The second kappa shape index (κ2) is 26.5. The van der Waals surface area contributed by atoms with E-state index in [1.54, 1.807) is 33.5 Å². The number of fused-ring (bicyclic) bond motifs is 2. The van der Waals surface area contributed by atoms with Crippen LogP contribution < -0.4 is 14.0 Å². The Kier molecular flexibility index (Phi) is 26.5. The Morgan fingerprint density at radius 2 is 1.05 bits per heavy atom. The zero-order valence-electron chi connectivity index (χ0n) is 36.9. The van der Waals surface area contributed by atoms with Gasteiger partial charge in [0.05, 0.1) is 19.8 Å². The first-order chi connectivity index (χ1) is 26.0. The van der Waals surface area contributed by atoms with Crippen LogP contribution in [0.4, 0.5) is 0 Å². The number of hydrogen-bond donors (Lipinski definition) is 2. The Morgan fingerprint density at radius 1 is 0.667 bits per heavy atom. The minimum atomic E-state index is -2.79. The predicted octanol–water partition coefficient (Wildman–Crippen LogP) is 8.11. The minimum absolute atomic E-state index is 0. The predicted molar refractivity (Wildman–Crippen MR) is 245 cm³/mol. The number of halogens is 4. The van der Waals surface area contributed by atoms with Crippen LogP contribution in [-0.2, 0) is 59.7 Å². The molecule has 2 aliphatic heterocycles. The number of aromatic hydroxyl groups is 1. The zero-order valence-corrected chi connectivity index (χ0v) is 46.0. The molecule has 2 aliphatic rings. The summed E-state index contributed by atoms with van der Waals surface area (Å²) in [4.78, 5) is 0. The van der Waals surface area contributed by atoms with Gasteiger partial charge in [-0.15, -0.1) is 22.2 Å². The van der Waals surface area contributed by atoms with Gasteiger partial charge in [-0.1, -0.05) is 37.9 Å². The summed E-state index contributed by atoms with van der Waals surface area (Å²) in [6.45, 7) is 11.3. The fourth-order valence-electron chi connectivity index (χ4n) is 4.62. The van der Waals surface area contributed by atoms with E-state index in [2.05, 4.69) is 45.0 Å². The Balaban J connectivity index is -0.000000696. The van der Waals surface area contributed by atoms with Crippen LogP contribution in [0.2, 0.25) is 39.3 Å². The minimum Gasteiger partial charge on any atom is -1.00 e. The van der Waals surface area contributed by atoms with Gasteiger partial charge in [0.1, 0.15) is 17.2 Å². The molecule has 0 bridgehead atoms. The van der Waals surface area contributed by atoms with Crippen molar-refractivity contribution in [1.29, 1.82) is 0 Å². The number of phenols is 1. The summed E-state index contributed by atoms with van der Waals surface area (Å²) in [7, 11) is 1.39. The average molecular weight is 1070 g/mol. The SMILES string of the molecule is CO[Si](OC)(OC)OC.CO[Si](OC)(OC)c1ccc2c(c1)CO[Si](C)(C)O2.C[Si](C)(Cl)Cl.C[Si]1(C)OCc2cc(Br)ccc2O1.OCc1cc(Br)ccc1O.[H-].[H-].[Mg+2]. The molecule has 0 saturated heterocycles. The molecule has 2 N–H and O–H groups in total. The molecular weight excluding hydrogens is 1010 g/mol. The first-order valence-corrected chi connectivity index (χ1v) is 32.5. The molecular formula is C34H58Br2Cl2MgO13Si5. The summed E-state index contributed by atoms with van der Waals surface area (Å²) in [6.07, 6.45) is 0. The topological polar surface area (TPSA) is 142 Å². The Labute approximate surface area is 388 Å². The molecule has 322 valence electrons. The van der Waals surface area contributed by atoms with Gasteiger partial charge in [0.2, 0.25) is 6.69 Å². The maximum Gasteiger partial charge on any atom is 2.00 e. The van der Waals surface area contributed by atoms with Gasteiger partial charge in [-0.2, -0.15) is 0 Å². The van der Waals surface area contributed by atoms with Crippen molar-refractivity contribution in [2.24, 2.45) is 0 Å². The van der Waals surface area contributed by atoms with E-state index in [-0.39, 0.29) is 38.3 Å². The van der Waals surface area contributed by atoms with Gasteiger partial charge < -0.3 is 61.8 Å². The number of benzene rings is 3. The molecule has 3 aromatic carbocycles. The van der Waals surface area contributed by atoms with Crippen molar-refractivity contribution >= 4 is 124 Å². The van der Waals surface area contributed by atoms with E-state index < -0.39 is 41.7 Å². The van der Waals surface area contributed by atoms with Crippen LogP contribution in [0.15, 0.2) is 63.5 Å². The van der Waals surface area contributed by atoms with E-state index in [0.29, 0.717) is 18.8 Å². The van der Waals surface area contributed by atoms with Crippen LogP contribution >= 0.6 is 54.0 Å². The molecule has 57 heavy (non-hydrogen) atoms. The van der Waals surface area contributed by atoms with Crippen LogP contribution in [-0.4, -0.2) is 125 Å². The first kappa shape index (κ1) is 57.1. The van der Waals surface area contributed by atoms with Crippen molar-refractivity contribution in [3.8, 4) is 17.2 Å². The van der Waals surface area contributed by atoms with Gasteiger partial charge in [-0.3, -0.25) is 0 Å². The Morgan fingerprint density at radius 3 is 1.42 bits per heavy atom. The molecule has 0 fully saturated rings. The summed E-state index contributed by atoms with van der Waals surface area (Å²) in [5, 5.41) is 18.6. The van der Waals surface area contributed by atoms with Gasteiger partial charge in [0, 0.05) is 80.6 Å². The van der Waals surface area contributed by atoms with Gasteiger partial charge in [0.15, 0.2) is 0 Å². The fourth-order valence-corrected chi connectivity index (χ4v) is 10.9. The van der Waals surface area contributed by atoms with E-state index in [0.717, 1.165) is 36.8 Å². The van der Waals surface area contributed by atoms with Crippen LogP contribution in [0.3, 0.4) is 0 Å². The summed E-state index contributed by atoms with van der Waals surface area (Å²) in [5.41, 5.74) is 2.67. The van der Waals surface area contributed by atoms with Crippen molar-refractivity contribution in [1.82, 2.24) is 0 Å². The number of hydrogen-bond acceptors (Lipinski definition) is 13. The van der Waals surface area contributed by atoms with E-state index >= 15 is 0 Å². The summed E-state index contributed by atoms with van der Waals surface area (Å²) >= 11 is 17.5. The van der Waals surface area contributed by atoms with E-state index in [1.807, 2.05) is 62.6 Å². The van der Waals surface area contributed by atoms with Crippen LogP contribution in [0.1, 0.15) is 19.5 Å². The van der Waals surface area contributed by atoms with Gasteiger partial charge in [0.25, 0.3) is 0 Å². The molecule has 23 heteroatoms. The molecule has 0 aliphatic carbocycles. The van der Waals surface area contributed by atoms with E-state index in [1.165, 1.54) is 34.5 Å². The summed E-state index contributed by atoms with van der Waals surface area (Å²) in [5.74, 6) is 2.00. The van der Waals surface area contributed by atoms with Crippen molar-refractivity contribution < 1.29 is 61.8 Å². The monoisotopic (exact) mass is 1070 g/mol. The molecule has 13 nitrogen and oxygen atoms in total. The Bertz CT molecular complexity index is 1620. The van der Waals surface area contributed by atoms with Crippen molar-refractivity contribution in [2.45, 2.75) is 59.1 Å². The van der Waals surface area contributed by atoms with Crippen molar-refractivity contribution in [3.05, 3.63) is 80.2 Å². The third-order valence-electron chi connectivity index (χ3n) is 7.32. The second-order valence-electron chi connectivity index (χ2n) is 12.9. The average Bonchev–Trinajstić information content (AvgIpc) is 3.14.